The number of benzene rings is 3. The molecule has 0 spiro atoms. The molecule has 0 aliphatic rings. The second-order valence-corrected chi connectivity index (χ2v) is 11.8. The van der Waals surface area contributed by atoms with E-state index in [1.54, 1.807) is 60.7 Å². The van der Waals surface area contributed by atoms with Gasteiger partial charge < -0.3 is 25.2 Å². The molecule has 3 rings (SSSR count). The van der Waals surface area contributed by atoms with Gasteiger partial charge in [0.15, 0.2) is 12.9 Å². The summed E-state index contributed by atoms with van der Waals surface area (Å²) in [6, 6.07) is 20.3. The quantitative estimate of drug-likeness (QED) is 0.242. The maximum Gasteiger partial charge on any atom is 0.354 e. The lowest BCUT2D eigenvalue weighted by Gasteiger charge is -2.31. The van der Waals surface area contributed by atoms with Crippen LogP contribution in [0.4, 0.5) is 4.79 Å². The van der Waals surface area contributed by atoms with Gasteiger partial charge in [-0.25, -0.2) is 9.80 Å². The Morgan fingerprint density at radius 1 is 0.853 bits per heavy atom. The molecule has 10 nitrogen and oxygen atoms in total. The molecule has 3 aromatic rings. The lowest BCUT2D eigenvalue weighted by atomic mass is 10.2. The molecule has 0 aliphatic carbocycles. The molecular weight excluding hydrogens is 480 g/mol. The van der Waals surface area contributed by atoms with Crippen molar-refractivity contribution in [3.63, 3.8) is 0 Å². The van der Waals surface area contributed by atoms with Crippen molar-refractivity contribution in [2.24, 2.45) is 5.73 Å². The first-order valence-electron chi connectivity index (χ1n) is 9.95. The fourth-order valence-corrected chi connectivity index (χ4v) is 6.95. The van der Waals surface area contributed by atoms with E-state index in [1.165, 1.54) is 18.2 Å². The molecule has 0 aromatic heterocycles. The predicted octanol–water partition coefficient (Wildman–Crippen LogP) is 1.99. The molecule has 1 unspecified atom stereocenters. The average molecular weight is 503 g/mol. The summed E-state index contributed by atoms with van der Waals surface area (Å²) in [6.45, 7) is 0. The van der Waals surface area contributed by atoms with Crippen molar-refractivity contribution in [2.45, 2.75) is 5.78 Å². The summed E-state index contributed by atoms with van der Waals surface area (Å²) in [4.78, 5) is 45.0. The number of aromatic hydroxyl groups is 1. The van der Waals surface area contributed by atoms with Crippen molar-refractivity contribution in [1.82, 2.24) is 10.4 Å². The van der Waals surface area contributed by atoms with E-state index in [0.717, 1.165) is 6.07 Å². The van der Waals surface area contributed by atoms with Crippen molar-refractivity contribution in [3.05, 3.63) is 90.5 Å². The number of para-hydroxylation sites is 1. The zero-order valence-corrected chi connectivity index (χ0v) is 19.5. The molecule has 34 heavy (non-hydrogen) atoms. The number of nitrogens with one attached hydrogen (secondary N) is 1. The van der Waals surface area contributed by atoms with E-state index in [2.05, 4.69) is 5.43 Å². The third-order valence-corrected chi connectivity index (χ3v) is 9.12. The monoisotopic (exact) mass is 503 g/mol. The van der Waals surface area contributed by atoms with E-state index in [1.807, 2.05) is 0 Å². The van der Waals surface area contributed by atoms with Gasteiger partial charge in [0.05, 0.1) is 6.16 Å². The minimum absolute atomic E-state index is 0.249. The van der Waals surface area contributed by atoms with Crippen molar-refractivity contribution in [1.29, 1.82) is 0 Å². The highest BCUT2D eigenvalue weighted by Crippen LogP contribution is 2.55. The highest BCUT2D eigenvalue weighted by Gasteiger charge is 2.41. The van der Waals surface area contributed by atoms with Gasteiger partial charge in [-0.05, 0) is 6.07 Å². The summed E-state index contributed by atoms with van der Waals surface area (Å²) in [6.07, 6.45) is -0.612. The first-order chi connectivity index (χ1) is 16.0. The molecular formula is C22H23N3O7P2. The zero-order valence-electron chi connectivity index (χ0n) is 17.8. The van der Waals surface area contributed by atoms with E-state index in [4.69, 9.17) is 5.73 Å². The van der Waals surface area contributed by atoms with E-state index in [-0.39, 0.29) is 10.6 Å². The zero-order chi connectivity index (χ0) is 24.9. The number of amides is 3. The van der Waals surface area contributed by atoms with Crippen LogP contribution in [0.3, 0.4) is 0 Å². The normalized spacial score (nSPS) is 12.5. The number of nitrogens with zero attached hydrogens (tertiary/aromatic N) is 1. The Morgan fingerprint density at radius 2 is 1.32 bits per heavy atom. The molecule has 6 N–H and O–H groups in total. The highest BCUT2D eigenvalue weighted by molar-refractivity contribution is 7.79. The number of phenols is 1. The SMILES string of the molecule is NC(=O)N(NC(=O)CP(=O)(c1ccccc1)c1ccccc1)C(c1ccccc1O)P(=O)(O)O. The van der Waals surface area contributed by atoms with E-state index < -0.39 is 44.4 Å². The lowest BCUT2D eigenvalue weighted by molar-refractivity contribution is -0.122. The van der Waals surface area contributed by atoms with Crippen molar-refractivity contribution in [2.75, 3.05) is 6.16 Å². The molecule has 3 aromatic carbocycles. The Morgan fingerprint density at radius 3 is 1.76 bits per heavy atom. The van der Waals surface area contributed by atoms with Crippen LogP contribution in [0.25, 0.3) is 0 Å². The highest BCUT2D eigenvalue weighted by atomic mass is 31.2. The Labute approximate surface area is 195 Å². The molecule has 0 saturated heterocycles. The third-order valence-electron chi connectivity index (χ3n) is 4.97. The van der Waals surface area contributed by atoms with Crippen molar-refractivity contribution >= 4 is 37.3 Å². The molecule has 0 saturated carbocycles. The Bertz CT molecular complexity index is 1220. The summed E-state index contributed by atoms with van der Waals surface area (Å²) >= 11 is 0. The van der Waals surface area contributed by atoms with Crippen LogP contribution in [0.2, 0.25) is 0 Å². The average Bonchev–Trinajstić information content (AvgIpc) is 2.80. The standard InChI is InChI=1S/C22H23N3O7P2/c23-22(28)25(21(34(30,31)32)18-13-7-8-14-19(18)26)24-20(27)15-33(29,16-9-3-1-4-10-16)17-11-5-2-6-12-17/h1-14,21,26H,15H2,(H2,23,28)(H,24,27)(H2,30,31,32). The number of hydrogen-bond donors (Lipinski definition) is 5. The van der Waals surface area contributed by atoms with Gasteiger partial charge in [0.25, 0.3) is 0 Å². The first kappa shape index (κ1) is 25.2. The number of rotatable bonds is 7. The fraction of sp³-hybridized carbons (Fsp3) is 0.0909. The molecule has 1 atom stereocenters. The molecule has 12 heteroatoms. The molecule has 0 heterocycles. The van der Waals surface area contributed by atoms with Gasteiger partial charge in [-0.2, -0.15) is 0 Å². The number of nitrogens with two attached hydrogens (primary N) is 1. The Kier molecular flexibility index (Phi) is 7.59. The molecule has 0 radical (unpaired) electrons. The van der Waals surface area contributed by atoms with Crippen LogP contribution >= 0.6 is 14.7 Å². The number of hydrogen-bond acceptors (Lipinski definition) is 5. The molecule has 178 valence electrons. The van der Waals surface area contributed by atoms with Gasteiger partial charge in [-0.3, -0.25) is 14.8 Å². The number of carbonyl (C=O) groups excluding carboxylic acids is 2. The first-order valence-corrected chi connectivity index (χ1v) is 13.5. The Balaban J connectivity index is 1.99. The van der Waals surface area contributed by atoms with Crippen LogP contribution in [-0.4, -0.2) is 38.0 Å². The minimum Gasteiger partial charge on any atom is -0.508 e. The van der Waals surface area contributed by atoms with E-state index >= 15 is 0 Å². The summed E-state index contributed by atoms with van der Waals surface area (Å²) in [7, 11) is -8.73. The fourth-order valence-electron chi connectivity index (χ4n) is 3.45. The molecule has 0 bridgehead atoms. The molecule has 3 amide bonds. The number of carbonyl (C=O) groups is 2. The lowest BCUT2D eigenvalue weighted by Crippen LogP contribution is -2.51. The van der Waals surface area contributed by atoms with Gasteiger partial charge in [0, 0.05) is 16.2 Å². The van der Waals surface area contributed by atoms with Crippen LogP contribution in [0.15, 0.2) is 84.9 Å². The second-order valence-electron chi connectivity index (χ2n) is 7.33. The number of urea groups is 1. The minimum atomic E-state index is -5.18. The van der Waals surface area contributed by atoms with Gasteiger partial charge in [-0.1, -0.05) is 78.9 Å². The summed E-state index contributed by atoms with van der Waals surface area (Å²) in [5.41, 5.74) is 7.09. The summed E-state index contributed by atoms with van der Waals surface area (Å²) < 4.78 is 26.3. The number of hydrazine groups is 1. The molecule has 0 fully saturated rings. The molecule has 0 aliphatic heterocycles. The van der Waals surface area contributed by atoms with Crippen LogP contribution in [0.5, 0.6) is 5.75 Å². The number of phenolic OH excluding ortho intramolecular Hbond substituents is 1. The van der Waals surface area contributed by atoms with E-state index in [0.29, 0.717) is 10.6 Å². The van der Waals surface area contributed by atoms with Crippen molar-refractivity contribution in [3.8, 4) is 5.75 Å². The van der Waals surface area contributed by atoms with Gasteiger partial charge >= 0.3 is 13.6 Å². The topological polar surface area (TPSA) is 170 Å². The maximum atomic E-state index is 14.1. The largest absolute Gasteiger partial charge is 0.508 e. The second kappa shape index (κ2) is 10.2. The van der Waals surface area contributed by atoms with Crippen LogP contribution in [0, 0.1) is 0 Å². The summed E-state index contributed by atoms with van der Waals surface area (Å²) in [5.74, 6) is -3.60. The smallest absolute Gasteiger partial charge is 0.354 e. The van der Waals surface area contributed by atoms with Gasteiger partial charge in [-0.15, -0.1) is 0 Å². The third kappa shape index (κ3) is 5.55. The van der Waals surface area contributed by atoms with E-state index in [9.17, 15) is 33.6 Å². The van der Waals surface area contributed by atoms with Crippen LogP contribution in [-0.2, 0) is 13.9 Å². The number of primary amides is 1. The van der Waals surface area contributed by atoms with Gasteiger partial charge in [0.1, 0.15) is 5.75 Å². The van der Waals surface area contributed by atoms with Crippen LogP contribution in [0.1, 0.15) is 11.3 Å². The Hall–Kier alpha value is -3.42. The summed E-state index contributed by atoms with van der Waals surface area (Å²) in [5, 5.41) is 11.1. The van der Waals surface area contributed by atoms with Gasteiger partial charge in [0.2, 0.25) is 5.91 Å². The predicted molar refractivity (Wildman–Crippen MR) is 127 cm³/mol. The maximum absolute atomic E-state index is 14.1. The van der Waals surface area contributed by atoms with Crippen molar-refractivity contribution < 1.29 is 33.6 Å². The van der Waals surface area contributed by atoms with Crippen LogP contribution < -0.4 is 21.8 Å².